The lowest BCUT2D eigenvalue weighted by atomic mass is 10.2. The van der Waals surface area contributed by atoms with E-state index in [2.05, 4.69) is 20.3 Å². The average Bonchev–Trinajstić information content (AvgIpc) is 2.78. The number of aromatic amines is 1. The number of sulfonamides is 1. The van der Waals surface area contributed by atoms with Crippen molar-refractivity contribution in [2.24, 2.45) is 0 Å². The highest BCUT2D eigenvalue weighted by Crippen LogP contribution is 2.26. The Balaban J connectivity index is 1.47. The van der Waals surface area contributed by atoms with Crippen LogP contribution in [0.5, 0.6) is 0 Å². The first-order valence-electron chi connectivity index (χ1n) is 11.1. The van der Waals surface area contributed by atoms with E-state index in [1.807, 2.05) is 19.9 Å². The molecule has 2 aromatic heterocycles. The molecule has 1 fully saturated rings. The molecule has 9 nitrogen and oxygen atoms in total. The Kier molecular flexibility index (Phi) is 7.06. The molecule has 0 saturated carbocycles. The maximum absolute atomic E-state index is 13.1. The van der Waals surface area contributed by atoms with Crippen molar-refractivity contribution in [2.75, 3.05) is 24.2 Å². The summed E-state index contributed by atoms with van der Waals surface area (Å²) in [5, 5.41) is 3.47. The maximum atomic E-state index is 13.1. The second-order valence-corrected chi connectivity index (χ2v) is 11.3. The molecule has 1 aromatic carbocycles. The molecule has 0 unspecified atom stereocenters. The summed E-state index contributed by atoms with van der Waals surface area (Å²) >= 11 is 1.08. The number of fused-ring (bicyclic) bond motifs is 1. The minimum absolute atomic E-state index is 0.0126. The van der Waals surface area contributed by atoms with Crippen LogP contribution in [0.15, 0.2) is 39.1 Å². The summed E-state index contributed by atoms with van der Waals surface area (Å²) in [6.45, 7) is 6.43. The van der Waals surface area contributed by atoms with E-state index < -0.39 is 10.0 Å². The van der Waals surface area contributed by atoms with Gasteiger partial charge in [0.15, 0.2) is 10.8 Å². The number of anilines is 1. The van der Waals surface area contributed by atoms with Crippen molar-refractivity contribution in [2.45, 2.75) is 50.1 Å². The highest BCUT2D eigenvalue weighted by molar-refractivity contribution is 7.99. The van der Waals surface area contributed by atoms with Gasteiger partial charge in [0, 0.05) is 24.5 Å². The summed E-state index contributed by atoms with van der Waals surface area (Å²) in [6, 6.07) is 6.70. The number of aryl methyl sites for hydroxylation is 3. The van der Waals surface area contributed by atoms with E-state index >= 15 is 0 Å². The molecule has 3 aromatic rings. The fraction of sp³-hybridized carbons (Fsp3) is 0.391. The summed E-state index contributed by atoms with van der Waals surface area (Å²) < 4.78 is 27.7. The Bertz CT molecular complexity index is 1410. The molecule has 1 aliphatic heterocycles. The molecule has 4 rings (SSSR count). The van der Waals surface area contributed by atoms with Crippen LogP contribution in [-0.2, 0) is 14.8 Å². The zero-order chi connectivity index (χ0) is 24.5. The van der Waals surface area contributed by atoms with Crippen LogP contribution in [0.4, 0.5) is 5.69 Å². The van der Waals surface area contributed by atoms with Crippen molar-refractivity contribution in [1.82, 2.24) is 19.3 Å². The second kappa shape index (κ2) is 9.85. The molecular formula is C23H27N5O4S2. The Morgan fingerprint density at radius 1 is 1.09 bits per heavy atom. The lowest BCUT2D eigenvalue weighted by molar-refractivity contribution is -0.113. The number of H-pyrrole nitrogens is 1. The lowest BCUT2D eigenvalue weighted by Gasteiger charge is -2.26. The first kappa shape index (κ1) is 24.4. The number of piperidine rings is 1. The van der Waals surface area contributed by atoms with Gasteiger partial charge >= 0.3 is 0 Å². The van der Waals surface area contributed by atoms with Crippen molar-refractivity contribution < 1.29 is 13.2 Å². The molecule has 180 valence electrons. The van der Waals surface area contributed by atoms with Gasteiger partial charge in [0.2, 0.25) is 15.9 Å². The van der Waals surface area contributed by atoms with Gasteiger partial charge in [-0.05, 0) is 62.9 Å². The van der Waals surface area contributed by atoms with Gasteiger partial charge in [0.1, 0.15) is 0 Å². The third-order valence-corrected chi connectivity index (χ3v) is 8.64. The summed E-state index contributed by atoms with van der Waals surface area (Å²) in [7, 11) is -3.62. The molecule has 0 aliphatic carbocycles. The number of hydrogen-bond donors (Lipinski definition) is 2. The van der Waals surface area contributed by atoms with Gasteiger partial charge in [-0.15, -0.1) is 0 Å². The molecule has 11 heteroatoms. The topological polar surface area (TPSA) is 125 Å². The van der Waals surface area contributed by atoms with Gasteiger partial charge in [-0.2, -0.15) is 4.31 Å². The summed E-state index contributed by atoms with van der Waals surface area (Å²) in [5.74, 6) is -0.354. The molecule has 1 aliphatic rings. The summed E-state index contributed by atoms with van der Waals surface area (Å²) in [4.78, 5) is 36.6. The minimum Gasteiger partial charge on any atom is -0.325 e. The van der Waals surface area contributed by atoms with Gasteiger partial charge < -0.3 is 10.3 Å². The number of carbonyl (C=O) groups excluding carboxylic acids is 1. The van der Waals surface area contributed by atoms with E-state index in [9.17, 15) is 18.0 Å². The predicted octanol–water partition coefficient (Wildman–Crippen LogP) is 3.15. The number of thioether (sulfide) groups is 1. The van der Waals surface area contributed by atoms with Crippen LogP contribution < -0.4 is 10.9 Å². The number of nitrogens with one attached hydrogen (secondary N) is 2. The number of pyridine rings is 1. The zero-order valence-electron chi connectivity index (χ0n) is 19.3. The summed E-state index contributed by atoms with van der Waals surface area (Å²) in [5.41, 5.74) is 2.62. The van der Waals surface area contributed by atoms with Gasteiger partial charge in [0.25, 0.3) is 5.56 Å². The number of carbonyl (C=O) groups is 1. The van der Waals surface area contributed by atoms with Crippen molar-refractivity contribution >= 4 is 44.4 Å². The molecule has 0 spiro atoms. The molecule has 0 bridgehead atoms. The monoisotopic (exact) mass is 501 g/mol. The third-order valence-electron chi connectivity index (χ3n) is 5.73. The fourth-order valence-corrected chi connectivity index (χ4v) is 6.49. The van der Waals surface area contributed by atoms with Crippen molar-refractivity contribution in [3.05, 3.63) is 51.4 Å². The highest BCUT2D eigenvalue weighted by atomic mass is 32.2. The van der Waals surface area contributed by atoms with Crippen LogP contribution in [0.1, 0.15) is 36.1 Å². The van der Waals surface area contributed by atoms with E-state index in [4.69, 9.17) is 0 Å². The number of aromatic nitrogens is 3. The third kappa shape index (κ3) is 5.16. The molecule has 34 heavy (non-hydrogen) atoms. The van der Waals surface area contributed by atoms with Crippen molar-refractivity contribution in [1.29, 1.82) is 0 Å². The zero-order valence-corrected chi connectivity index (χ0v) is 21.0. The fourth-order valence-electron chi connectivity index (χ4n) is 4.06. The molecule has 1 saturated heterocycles. The van der Waals surface area contributed by atoms with Gasteiger partial charge in [-0.1, -0.05) is 24.2 Å². The Morgan fingerprint density at radius 2 is 1.82 bits per heavy atom. The molecule has 1 amide bonds. The SMILES string of the molecule is Cc1cc(C)c2c(=O)[nH]c(SCC(=O)Nc3ccc(C)c(S(=O)(=O)N4CCCCC4)c3)nc2n1. The summed E-state index contributed by atoms with van der Waals surface area (Å²) in [6.07, 6.45) is 2.74. The van der Waals surface area contributed by atoms with Crippen molar-refractivity contribution in [3.8, 4) is 0 Å². The standard InChI is InChI=1S/C23H27N5O4S2/c1-14-7-8-17(12-18(14)34(31,32)28-9-5-4-6-10-28)25-19(29)13-33-23-26-21-20(22(30)27-23)15(2)11-16(3)24-21/h7-8,11-12H,4-6,9-10,13H2,1-3H3,(H,25,29)(H,24,26,27,30). The van der Waals surface area contributed by atoms with Crippen LogP contribution >= 0.6 is 11.8 Å². The van der Waals surface area contributed by atoms with E-state index in [0.717, 1.165) is 42.3 Å². The molecule has 0 atom stereocenters. The number of nitrogens with zero attached hydrogens (tertiary/aromatic N) is 3. The largest absolute Gasteiger partial charge is 0.325 e. The quantitative estimate of drug-likeness (QED) is 0.393. The highest BCUT2D eigenvalue weighted by Gasteiger charge is 2.27. The van der Waals surface area contributed by atoms with Gasteiger partial charge in [-0.3, -0.25) is 9.59 Å². The van der Waals surface area contributed by atoms with E-state index in [0.29, 0.717) is 40.5 Å². The number of benzene rings is 1. The lowest BCUT2D eigenvalue weighted by Crippen LogP contribution is -2.36. The normalized spacial score (nSPS) is 14.9. The van der Waals surface area contributed by atoms with Gasteiger partial charge in [-0.25, -0.2) is 18.4 Å². The van der Waals surface area contributed by atoms with Gasteiger partial charge in [0.05, 0.1) is 16.0 Å². The minimum atomic E-state index is -3.62. The van der Waals surface area contributed by atoms with E-state index in [1.165, 1.54) is 10.4 Å². The van der Waals surface area contributed by atoms with Crippen LogP contribution in [0, 0.1) is 20.8 Å². The second-order valence-electron chi connectivity index (χ2n) is 8.43. The molecule has 2 N–H and O–H groups in total. The molecular weight excluding hydrogens is 474 g/mol. The molecule has 0 radical (unpaired) electrons. The Labute approximate surface area is 202 Å². The van der Waals surface area contributed by atoms with Crippen molar-refractivity contribution in [3.63, 3.8) is 0 Å². The predicted molar refractivity (Wildman–Crippen MR) is 133 cm³/mol. The van der Waals surface area contributed by atoms with Crippen LogP contribution in [0.3, 0.4) is 0 Å². The first-order chi connectivity index (χ1) is 16.1. The smallest absolute Gasteiger partial charge is 0.261 e. The molecule has 3 heterocycles. The number of rotatable bonds is 6. The van der Waals surface area contributed by atoms with Crippen LogP contribution in [0.25, 0.3) is 11.0 Å². The van der Waals surface area contributed by atoms with E-state index in [-0.39, 0.29) is 22.1 Å². The number of amides is 1. The Morgan fingerprint density at radius 3 is 2.56 bits per heavy atom. The van der Waals surface area contributed by atoms with Crippen LogP contribution in [0.2, 0.25) is 0 Å². The average molecular weight is 502 g/mol. The van der Waals surface area contributed by atoms with Crippen LogP contribution in [-0.4, -0.2) is 52.4 Å². The maximum Gasteiger partial charge on any atom is 0.261 e. The first-order valence-corrected chi connectivity index (χ1v) is 13.5. The number of hydrogen-bond acceptors (Lipinski definition) is 7. The Hall–Kier alpha value is -2.76. The van der Waals surface area contributed by atoms with E-state index in [1.54, 1.807) is 19.1 Å².